The topological polar surface area (TPSA) is 104 Å². The summed E-state index contributed by atoms with van der Waals surface area (Å²) in [6.45, 7) is 9.94. The SMILES string of the molecule is [B]C(F)Oc1ccc(SC)cc1-c1nn(CC(=O)N2CCC(NCC3(C=C)CC3)CC2)cc1NC(=O)/C(C=C)=C1\N=CC=CN1C. The van der Waals surface area contributed by atoms with Crippen molar-refractivity contribution in [2.75, 3.05) is 38.3 Å². The molecule has 1 unspecified atom stereocenters. The van der Waals surface area contributed by atoms with Gasteiger partial charge in [-0.1, -0.05) is 18.7 Å². The Bertz CT molecular complexity index is 1570. The van der Waals surface area contributed by atoms with Gasteiger partial charge in [0.05, 0.1) is 11.3 Å². The molecule has 13 heteroatoms. The number of aliphatic imine (C=N–C) groups is 1. The van der Waals surface area contributed by atoms with Crippen molar-refractivity contribution in [2.24, 2.45) is 10.4 Å². The van der Waals surface area contributed by atoms with E-state index in [9.17, 15) is 14.0 Å². The van der Waals surface area contributed by atoms with E-state index in [1.807, 2.05) is 11.2 Å². The van der Waals surface area contributed by atoms with Gasteiger partial charge in [-0.15, -0.1) is 18.3 Å². The van der Waals surface area contributed by atoms with Crippen LogP contribution in [0.3, 0.4) is 0 Å². The van der Waals surface area contributed by atoms with Gasteiger partial charge < -0.3 is 25.2 Å². The average Bonchev–Trinajstić information content (AvgIpc) is 3.74. The molecule has 0 bridgehead atoms. The number of nitrogens with one attached hydrogen (secondary N) is 2. The second-order valence-corrected chi connectivity index (χ2v) is 12.5. The first-order valence-electron chi connectivity index (χ1n) is 15.2. The number of rotatable bonds is 13. The molecular weight excluding hydrogens is 604 g/mol. The first kappa shape index (κ1) is 33.3. The zero-order chi connectivity index (χ0) is 32.8. The van der Waals surface area contributed by atoms with E-state index in [-0.39, 0.29) is 29.2 Å². The average molecular weight is 644 g/mol. The highest BCUT2D eigenvalue weighted by atomic mass is 32.2. The molecule has 1 aromatic heterocycles. The van der Waals surface area contributed by atoms with Gasteiger partial charge in [0.2, 0.25) is 5.91 Å². The van der Waals surface area contributed by atoms with Gasteiger partial charge in [-0.2, -0.15) is 5.10 Å². The van der Waals surface area contributed by atoms with Gasteiger partial charge in [-0.05, 0) is 56.2 Å². The summed E-state index contributed by atoms with van der Waals surface area (Å²) in [6.07, 6.45) is 14.1. The molecular formula is C33H39BFN7O3S. The smallest absolute Gasteiger partial charge is 0.259 e. The summed E-state index contributed by atoms with van der Waals surface area (Å²) in [5.41, 5.74) is 1.47. The number of benzene rings is 1. The summed E-state index contributed by atoms with van der Waals surface area (Å²) in [7, 11) is 7.11. The molecule has 2 N–H and O–H groups in total. The zero-order valence-electron chi connectivity index (χ0n) is 26.2. The number of alkyl halides is 1. The number of anilines is 1. The monoisotopic (exact) mass is 643 g/mol. The van der Waals surface area contributed by atoms with Crippen molar-refractivity contribution in [2.45, 2.75) is 49.4 Å². The Morgan fingerprint density at radius 3 is 2.67 bits per heavy atom. The first-order chi connectivity index (χ1) is 22.1. The fraction of sp³-hybridized carbons (Fsp3) is 0.394. The van der Waals surface area contributed by atoms with Crippen molar-refractivity contribution in [1.82, 2.24) is 24.9 Å². The molecule has 46 heavy (non-hydrogen) atoms. The van der Waals surface area contributed by atoms with Gasteiger partial charge in [-0.25, -0.2) is 9.38 Å². The van der Waals surface area contributed by atoms with Crippen molar-refractivity contribution in [3.63, 3.8) is 0 Å². The van der Waals surface area contributed by atoms with E-state index in [4.69, 9.17) is 17.7 Å². The van der Waals surface area contributed by atoms with Crippen LogP contribution in [0.4, 0.5) is 10.1 Å². The predicted octanol–water partition coefficient (Wildman–Crippen LogP) is 4.49. The number of likely N-dealkylation sites (tertiary alicyclic amines) is 1. The molecule has 2 amide bonds. The van der Waals surface area contributed by atoms with Crippen LogP contribution < -0.4 is 15.4 Å². The molecule has 10 nitrogen and oxygen atoms in total. The minimum atomic E-state index is -2.07. The van der Waals surface area contributed by atoms with Crippen molar-refractivity contribution in [1.29, 1.82) is 0 Å². The van der Waals surface area contributed by atoms with Crippen LogP contribution in [0.1, 0.15) is 25.7 Å². The second kappa shape index (κ2) is 14.6. The zero-order valence-corrected chi connectivity index (χ0v) is 27.1. The van der Waals surface area contributed by atoms with E-state index in [0.29, 0.717) is 41.9 Å². The Morgan fingerprint density at radius 2 is 2.04 bits per heavy atom. The van der Waals surface area contributed by atoms with Crippen LogP contribution in [-0.2, 0) is 16.1 Å². The lowest BCUT2D eigenvalue weighted by atomic mass is 10.0. The third kappa shape index (κ3) is 7.82. The van der Waals surface area contributed by atoms with Gasteiger partial charge >= 0.3 is 0 Å². The van der Waals surface area contributed by atoms with Gasteiger partial charge in [0.25, 0.3) is 5.91 Å². The molecule has 1 aromatic carbocycles. The summed E-state index contributed by atoms with van der Waals surface area (Å²) < 4.78 is 20.6. The van der Waals surface area contributed by atoms with Gasteiger partial charge in [-0.3, -0.25) is 14.3 Å². The quantitative estimate of drug-likeness (QED) is 0.144. The standard InChI is InChI=1S/C33H39BFN7O3S/c1-5-24(30-36-14-7-15-40(30)3)31(44)38-26-19-42(39-29(26)25-18-23(46-4)8-9-27(25)45-32(34)35)20-28(43)41-16-10-22(11-17-41)37-21-33(6-2)12-13-33/h5-9,14-15,18-19,22,32,37H,1-2,10-13,16-17,20-21H2,3-4H3,(H,38,44)/b30-24+. The minimum absolute atomic E-state index is 0.0468. The van der Waals surface area contributed by atoms with Crippen molar-refractivity contribution in [3.05, 3.63) is 73.4 Å². The maximum absolute atomic E-state index is 13.9. The van der Waals surface area contributed by atoms with Gasteiger partial charge in [0, 0.05) is 67.2 Å². The van der Waals surface area contributed by atoms with E-state index in [0.717, 1.165) is 24.3 Å². The summed E-state index contributed by atoms with van der Waals surface area (Å²) in [5, 5.41) is 11.3. The lowest BCUT2D eigenvalue weighted by molar-refractivity contribution is -0.133. The molecule has 2 radical (unpaired) electrons. The number of halogens is 1. The molecule has 2 fully saturated rings. The third-order valence-electron chi connectivity index (χ3n) is 8.52. The van der Waals surface area contributed by atoms with Crippen LogP contribution in [-0.4, -0.2) is 90.7 Å². The van der Waals surface area contributed by atoms with Crippen LogP contribution in [0.5, 0.6) is 5.75 Å². The maximum atomic E-state index is 13.9. The van der Waals surface area contributed by atoms with Crippen LogP contribution in [0, 0.1) is 5.41 Å². The lowest BCUT2D eigenvalue weighted by Crippen LogP contribution is -2.46. The third-order valence-corrected chi connectivity index (χ3v) is 9.25. The van der Waals surface area contributed by atoms with Gasteiger partial charge in [0.1, 0.15) is 23.8 Å². The van der Waals surface area contributed by atoms with E-state index in [1.54, 1.807) is 54.8 Å². The number of thioether (sulfide) groups is 1. The highest BCUT2D eigenvalue weighted by Gasteiger charge is 2.39. The van der Waals surface area contributed by atoms with E-state index in [1.165, 1.54) is 35.4 Å². The number of carbonyl (C=O) groups excluding carboxylic acids is 2. The van der Waals surface area contributed by atoms with Gasteiger partial charge in [0.15, 0.2) is 14.1 Å². The van der Waals surface area contributed by atoms with Crippen molar-refractivity contribution in [3.8, 4) is 17.0 Å². The number of amides is 2. The molecule has 1 aliphatic carbocycles. The number of hydrogen-bond acceptors (Lipinski definition) is 8. The van der Waals surface area contributed by atoms with E-state index < -0.39 is 12.2 Å². The minimum Gasteiger partial charge on any atom is -0.469 e. The number of hydrogen-bond donors (Lipinski definition) is 2. The summed E-state index contributed by atoms with van der Waals surface area (Å²) in [4.78, 5) is 35.8. The molecule has 3 heterocycles. The van der Waals surface area contributed by atoms with Crippen molar-refractivity contribution < 1.29 is 18.7 Å². The molecule has 240 valence electrons. The molecule has 1 saturated heterocycles. The highest BCUT2D eigenvalue weighted by Crippen LogP contribution is 2.46. The Hall–Kier alpha value is -4.10. The number of carbonyl (C=O) groups is 2. The fourth-order valence-corrected chi connectivity index (χ4v) is 5.99. The largest absolute Gasteiger partial charge is 0.469 e. The molecule has 0 spiro atoms. The number of ether oxygens (including phenoxy) is 1. The second-order valence-electron chi connectivity index (χ2n) is 11.6. The summed E-state index contributed by atoms with van der Waals surface area (Å²) in [5.74, 6) is -0.0243. The Kier molecular flexibility index (Phi) is 10.5. The molecule has 3 aliphatic rings. The Labute approximate surface area is 274 Å². The predicted molar refractivity (Wildman–Crippen MR) is 181 cm³/mol. The highest BCUT2D eigenvalue weighted by molar-refractivity contribution is 7.98. The van der Waals surface area contributed by atoms with Crippen LogP contribution >= 0.6 is 11.8 Å². The number of piperidine rings is 1. The molecule has 2 aliphatic heterocycles. The summed E-state index contributed by atoms with van der Waals surface area (Å²) in [6, 6.07) is 5.51. The number of aromatic nitrogens is 2. The fourth-order valence-electron chi connectivity index (χ4n) is 5.55. The van der Waals surface area contributed by atoms with Crippen molar-refractivity contribution >= 4 is 43.3 Å². The van der Waals surface area contributed by atoms with Crippen LogP contribution in [0.2, 0.25) is 0 Å². The lowest BCUT2D eigenvalue weighted by Gasteiger charge is -2.33. The molecule has 1 atom stereocenters. The summed E-state index contributed by atoms with van der Waals surface area (Å²) >= 11 is 1.48. The number of allylic oxidation sites excluding steroid dienone is 1. The number of nitrogens with zero attached hydrogens (tertiary/aromatic N) is 5. The van der Waals surface area contributed by atoms with E-state index >= 15 is 0 Å². The molecule has 2 aromatic rings. The first-order valence-corrected chi connectivity index (χ1v) is 16.5. The van der Waals surface area contributed by atoms with E-state index in [2.05, 4.69) is 34.9 Å². The Balaban J connectivity index is 1.39. The van der Waals surface area contributed by atoms with Crippen LogP contribution in [0.25, 0.3) is 11.3 Å². The maximum Gasteiger partial charge on any atom is 0.259 e. The normalized spacial score (nSPS) is 19.0. The molecule has 5 rings (SSSR count). The molecule has 1 saturated carbocycles. The Morgan fingerprint density at radius 1 is 1.28 bits per heavy atom. The van der Waals surface area contributed by atoms with Crippen LogP contribution in [0.15, 0.2) is 83.3 Å².